The van der Waals surface area contributed by atoms with E-state index in [1.807, 2.05) is 13.8 Å². The SMILES string of the molecule is CC(C)[C@@H](NC(=O)c1ccc(Br)c(F)c1)c1ncc[nH]1. The number of hydrogen-bond acceptors (Lipinski definition) is 2. The summed E-state index contributed by atoms with van der Waals surface area (Å²) in [5, 5.41) is 2.87. The quantitative estimate of drug-likeness (QED) is 0.896. The highest BCUT2D eigenvalue weighted by atomic mass is 79.9. The zero-order valence-electron chi connectivity index (χ0n) is 11.2. The summed E-state index contributed by atoms with van der Waals surface area (Å²) in [6, 6.07) is 4.05. The van der Waals surface area contributed by atoms with Gasteiger partial charge in [-0.05, 0) is 40.0 Å². The van der Waals surface area contributed by atoms with Crippen molar-refractivity contribution in [1.82, 2.24) is 15.3 Å². The van der Waals surface area contributed by atoms with E-state index in [9.17, 15) is 9.18 Å². The molecule has 4 nitrogen and oxygen atoms in total. The summed E-state index contributed by atoms with van der Waals surface area (Å²) in [5.41, 5.74) is 0.280. The lowest BCUT2D eigenvalue weighted by Crippen LogP contribution is -2.32. The zero-order valence-corrected chi connectivity index (χ0v) is 12.7. The van der Waals surface area contributed by atoms with E-state index in [0.717, 1.165) is 0 Å². The Hall–Kier alpha value is -1.69. The largest absolute Gasteiger partial charge is 0.347 e. The molecule has 1 amide bonds. The van der Waals surface area contributed by atoms with E-state index in [1.165, 1.54) is 12.1 Å². The summed E-state index contributed by atoms with van der Waals surface area (Å²) in [4.78, 5) is 19.3. The van der Waals surface area contributed by atoms with Crippen LogP contribution in [0, 0.1) is 11.7 Å². The number of H-pyrrole nitrogens is 1. The predicted molar refractivity (Wildman–Crippen MR) is 77.7 cm³/mol. The highest BCUT2D eigenvalue weighted by molar-refractivity contribution is 9.10. The van der Waals surface area contributed by atoms with Crippen LogP contribution >= 0.6 is 15.9 Å². The fraction of sp³-hybridized carbons (Fsp3) is 0.286. The Kier molecular flexibility index (Phi) is 4.54. The average Bonchev–Trinajstić information content (AvgIpc) is 2.92. The zero-order chi connectivity index (χ0) is 14.7. The predicted octanol–water partition coefficient (Wildman–Crippen LogP) is 3.44. The Balaban J connectivity index is 2.18. The molecule has 0 spiro atoms. The molecule has 6 heteroatoms. The summed E-state index contributed by atoms with van der Waals surface area (Å²) in [5.74, 6) is 0.0552. The van der Waals surface area contributed by atoms with Gasteiger partial charge < -0.3 is 10.3 Å². The summed E-state index contributed by atoms with van der Waals surface area (Å²) in [7, 11) is 0. The molecule has 1 aromatic carbocycles. The van der Waals surface area contributed by atoms with Crippen molar-refractivity contribution in [3.63, 3.8) is 0 Å². The number of carbonyl (C=O) groups is 1. The van der Waals surface area contributed by atoms with Crippen molar-refractivity contribution in [1.29, 1.82) is 0 Å². The van der Waals surface area contributed by atoms with Gasteiger partial charge in [-0.2, -0.15) is 0 Å². The molecule has 106 valence electrons. The molecule has 0 aliphatic heterocycles. The molecule has 0 saturated heterocycles. The van der Waals surface area contributed by atoms with Gasteiger partial charge in [0, 0.05) is 18.0 Å². The molecule has 20 heavy (non-hydrogen) atoms. The molecule has 0 aliphatic carbocycles. The second-order valence-electron chi connectivity index (χ2n) is 4.80. The summed E-state index contributed by atoms with van der Waals surface area (Å²) < 4.78 is 13.8. The summed E-state index contributed by atoms with van der Waals surface area (Å²) >= 11 is 3.06. The minimum atomic E-state index is -0.461. The maximum atomic E-state index is 13.5. The van der Waals surface area contributed by atoms with Crippen LogP contribution in [0.5, 0.6) is 0 Å². The van der Waals surface area contributed by atoms with E-state index < -0.39 is 5.82 Å². The number of benzene rings is 1. The molecular formula is C14H15BrFN3O. The first-order valence-electron chi connectivity index (χ1n) is 6.24. The molecule has 2 aromatic rings. The second-order valence-corrected chi connectivity index (χ2v) is 5.65. The first-order chi connectivity index (χ1) is 9.49. The Morgan fingerprint density at radius 3 is 2.75 bits per heavy atom. The summed E-state index contributed by atoms with van der Waals surface area (Å²) in [6.45, 7) is 3.96. The highest BCUT2D eigenvalue weighted by Gasteiger charge is 2.21. The molecule has 0 fully saturated rings. The van der Waals surface area contributed by atoms with Crippen LogP contribution in [0.1, 0.15) is 36.1 Å². The lowest BCUT2D eigenvalue weighted by molar-refractivity contribution is 0.0923. The second kappa shape index (κ2) is 6.17. The molecule has 0 radical (unpaired) electrons. The number of nitrogens with one attached hydrogen (secondary N) is 2. The van der Waals surface area contributed by atoms with E-state index in [2.05, 4.69) is 31.2 Å². The minimum absolute atomic E-state index is 0.158. The Morgan fingerprint density at radius 2 is 2.20 bits per heavy atom. The molecule has 1 heterocycles. The van der Waals surface area contributed by atoms with Crippen LogP contribution < -0.4 is 5.32 Å². The van der Waals surface area contributed by atoms with Gasteiger partial charge in [-0.3, -0.25) is 4.79 Å². The first kappa shape index (κ1) is 14.7. The van der Waals surface area contributed by atoms with E-state index in [4.69, 9.17) is 0 Å². The van der Waals surface area contributed by atoms with E-state index in [0.29, 0.717) is 10.3 Å². The van der Waals surface area contributed by atoms with Crippen LogP contribution in [0.4, 0.5) is 4.39 Å². The van der Waals surface area contributed by atoms with Gasteiger partial charge >= 0.3 is 0 Å². The van der Waals surface area contributed by atoms with Gasteiger partial charge in [0.2, 0.25) is 0 Å². The van der Waals surface area contributed by atoms with Gasteiger partial charge in [0.15, 0.2) is 0 Å². The van der Waals surface area contributed by atoms with E-state index >= 15 is 0 Å². The molecular weight excluding hydrogens is 325 g/mol. The van der Waals surface area contributed by atoms with Crippen LogP contribution in [0.25, 0.3) is 0 Å². The molecule has 0 saturated carbocycles. The molecule has 1 atom stereocenters. The van der Waals surface area contributed by atoms with Crippen molar-refractivity contribution < 1.29 is 9.18 Å². The van der Waals surface area contributed by atoms with Crippen molar-refractivity contribution in [3.8, 4) is 0 Å². The fourth-order valence-corrected chi connectivity index (χ4v) is 2.11. The Labute approximate surface area is 124 Å². The number of aromatic amines is 1. The molecule has 0 aliphatic rings. The van der Waals surface area contributed by atoms with Gasteiger partial charge in [0.25, 0.3) is 5.91 Å². The topological polar surface area (TPSA) is 57.8 Å². The first-order valence-corrected chi connectivity index (χ1v) is 7.03. The van der Waals surface area contributed by atoms with Crippen LogP contribution in [0.2, 0.25) is 0 Å². The van der Waals surface area contributed by atoms with Gasteiger partial charge in [0.1, 0.15) is 11.6 Å². The third kappa shape index (κ3) is 3.25. The highest BCUT2D eigenvalue weighted by Crippen LogP contribution is 2.20. The summed E-state index contributed by atoms with van der Waals surface area (Å²) in [6.07, 6.45) is 3.34. The number of halogens is 2. The maximum absolute atomic E-state index is 13.5. The minimum Gasteiger partial charge on any atom is -0.347 e. The molecule has 2 N–H and O–H groups in total. The molecule has 2 rings (SSSR count). The number of aromatic nitrogens is 2. The third-order valence-corrected chi connectivity index (χ3v) is 3.59. The number of nitrogens with zero attached hydrogens (tertiary/aromatic N) is 1. The van der Waals surface area contributed by atoms with Crippen molar-refractivity contribution in [3.05, 3.63) is 52.3 Å². The molecule has 0 unspecified atom stereocenters. The van der Waals surface area contributed by atoms with Gasteiger partial charge in [-0.1, -0.05) is 13.8 Å². The van der Waals surface area contributed by atoms with Crippen molar-refractivity contribution in [2.24, 2.45) is 5.92 Å². The van der Waals surface area contributed by atoms with E-state index in [-0.39, 0.29) is 23.4 Å². The number of rotatable bonds is 4. The van der Waals surface area contributed by atoms with Crippen LogP contribution in [0.3, 0.4) is 0 Å². The van der Waals surface area contributed by atoms with Gasteiger partial charge in [0.05, 0.1) is 10.5 Å². The van der Waals surface area contributed by atoms with Crippen molar-refractivity contribution in [2.75, 3.05) is 0 Å². The average molecular weight is 340 g/mol. The molecule has 1 aromatic heterocycles. The number of imidazole rings is 1. The van der Waals surface area contributed by atoms with E-state index in [1.54, 1.807) is 18.5 Å². The lowest BCUT2D eigenvalue weighted by atomic mass is 10.0. The number of hydrogen-bond donors (Lipinski definition) is 2. The van der Waals surface area contributed by atoms with Crippen LogP contribution in [-0.2, 0) is 0 Å². The van der Waals surface area contributed by atoms with Gasteiger partial charge in [-0.25, -0.2) is 9.37 Å². The fourth-order valence-electron chi connectivity index (χ4n) is 1.86. The van der Waals surface area contributed by atoms with Gasteiger partial charge in [-0.15, -0.1) is 0 Å². The van der Waals surface area contributed by atoms with Crippen LogP contribution in [-0.4, -0.2) is 15.9 Å². The number of carbonyl (C=O) groups excluding carboxylic acids is 1. The monoisotopic (exact) mass is 339 g/mol. The normalized spacial score (nSPS) is 12.4. The smallest absolute Gasteiger partial charge is 0.251 e. The van der Waals surface area contributed by atoms with Crippen molar-refractivity contribution >= 4 is 21.8 Å². The van der Waals surface area contributed by atoms with Crippen molar-refractivity contribution in [2.45, 2.75) is 19.9 Å². The number of amides is 1. The van der Waals surface area contributed by atoms with Crippen LogP contribution in [0.15, 0.2) is 35.1 Å². The standard InChI is InChI=1S/C14H15BrFN3O/c1-8(2)12(13-17-5-6-18-13)19-14(20)9-3-4-10(15)11(16)7-9/h3-8,12H,1-2H3,(H,17,18)(H,19,20)/t12-/m1/s1. The molecule has 0 bridgehead atoms. The Bertz CT molecular complexity index is 598. The third-order valence-electron chi connectivity index (χ3n) is 2.95. The lowest BCUT2D eigenvalue weighted by Gasteiger charge is -2.20. The Morgan fingerprint density at radius 1 is 1.45 bits per heavy atom. The maximum Gasteiger partial charge on any atom is 0.251 e.